The van der Waals surface area contributed by atoms with Crippen LogP contribution in [0, 0.1) is 17.0 Å². The number of imidazole rings is 1. The highest BCUT2D eigenvalue weighted by Crippen LogP contribution is 2.39. The molecule has 0 aliphatic carbocycles. The Morgan fingerprint density at radius 3 is 2.37 bits per heavy atom. The van der Waals surface area contributed by atoms with E-state index >= 15 is 0 Å². The summed E-state index contributed by atoms with van der Waals surface area (Å²) in [4.78, 5) is 94.1. The van der Waals surface area contributed by atoms with E-state index in [9.17, 15) is 57.7 Å². The Labute approximate surface area is 403 Å². The molecule has 1 aromatic heterocycles. The minimum atomic E-state index is -1.34. The van der Waals surface area contributed by atoms with Gasteiger partial charge in [0.05, 0.1) is 23.5 Å². The number of alkyl carbamates (subject to hydrolysis) is 1. The van der Waals surface area contributed by atoms with Crippen LogP contribution in [0.5, 0.6) is 5.75 Å². The molecule has 3 heterocycles. The maximum Gasteiger partial charge on any atom is 0.407 e. The third kappa shape index (κ3) is 15.4. The molecule has 70 heavy (non-hydrogen) atoms. The Balaban J connectivity index is 1.17. The number of aryl methyl sites for hydroxylation is 1. The predicted molar refractivity (Wildman–Crippen MR) is 246 cm³/mol. The molecule has 3 aromatic rings. The number of anilines is 1. The first-order valence-electron chi connectivity index (χ1n) is 23.1. The number of carboxylic acids is 1. The summed E-state index contributed by atoms with van der Waals surface area (Å²) < 4.78 is 47.6. The summed E-state index contributed by atoms with van der Waals surface area (Å²) in [6, 6.07) is 6.75. The number of aliphatic carboxylic acids is 1. The molecular formula is C48H61F2N7O13. The molecule has 0 spiro atoms. The van der Waals surface area contributed by atoms with E-state index in [0.717, 1.165) is 23.1 Å². The quantitative estimate of drug-likeness (QED) is 0.0539. The molecule has 22 heteroatoms. The van der Waals surface area contributed by atoms with Crippen LogP contribution in [0.4, 0.5) is 19.3 Å². The number of hydrogen-bond acceptors (Lipinski definition) is 13. The van der Waals surface area contributed by atoms with Crippen molar-refractivity contribution in [3.8, 4) is 17.0 Å². The van der Waals surface area contributed by atoms with Crippen molar-refractivity contribution in [1.82, 2.24) is 30.0 Å². The molecule has 380 valence electrons. The number of nitrogens with one attached hydrogen (secondary N) is 3. The van der Waals surface area contributed by atoms with Crippen molar-refractivity contribution in [1.29, 1.82) is 0 Å². The Bertz CT molecular complexity index is 2390. The molecular weight excluding hydrogens is 921 g/mol. The van der Waals surface area contributed by atoms with Gasteiger partial charge in [-0.25, -0.2) is 23.4 Å². The summed E-state index contributed by atoms with van der Waals surface area (Å²) in [5, 5.41) is 37.8. The Morgan fingerprint density at radius 2 is 1.69 bits per heavy atom. The van der Waals surface area contributed by atoms with E-state index < -0.39 is 72.1 Å². The van der Waals surface area contributed by atoms with E-state index in [1.54, 1.807) is 10.8 Å². The first kappa shape index (κ1) is 54.2. The van der Waals surface area contributed by atoms with Crippen LogP contribution >= 0.6 is 0 Å². The molecule has 0 radical (unpaired) electrons. The summed E-state index contributed by atoms with van der Waals surface area (Å²) in [7, 11) is 0. The van der Waals surface area contributed by atoms with Gasteiger partial charge in [0.2, 0.25) is 24.0 Å². The van der Waals surface area contributed by atoms with Gasteiger partial charge >= 0.3 is 12.1 Å². The number of carboxylic acid groups (broad SMARTS) is 1. The van der Waals surface area contributed by atoms with Crippen molar-refractivity contribution >= 4 is 47.3 Å². The lowest BCUT2D eigenvalue weighted by Crippen LogP contribution is -2.45. The largest absolute Gasteiger partial charge is 0.479 e. The predicted octanol–water partition coefficient (Wildman–Crippen LogP) is 4.33. The molecule has 0 bridgehead atoms. The van der Waals surface area contributed by atoms with Gasteiger partial charge in [0, 0.05) is 82.3 Å². The molecule has 0 saturated carbocycles. The number of hydrogen-bond donors (Lipinski definition) is 6. The number of benzene rings is 2. The van der Waals surface area contributed by atoms with Gasteiger partial charge in [0.15, 0.2) is 6.10 Å². The second-order valence-corrected chi connectivity index (χ2v) is 17.9. The summed E-state index contributed by atoms with van der Waals surface area (Å²) >= 11 is 0. The number of imide groups is 1. The second kappa shape index (κ2) is 25.2. The van der Waals surface area contributed by atoms with Crippen LogP contribution in [0.15, 0.2) is 54.7 Å². The highest BCUT2D eigenvalue weighted by Gasteiger charge is 2.38. The molecule has 6 N–H and O–H groups in total. The van der Waals surface area contributed by atoms with E-state index in [-0.39, 0.29) is 105 Å². The number of rotatable bonds is 24. The van der Waals surface area contributed by atoms with Gasteiger partial charge in [-0.3, -0.25) is 28.9 Å². The van der Waals surface area contributed by atoms with Crippen LogP contribution in [0.25, 0.3) is 11.3 Å². The fourth-order valence-corrected chi connectivity index (χ4v) is 7.95. The highest BCUT2D eigenvalue weighted by molar-refractivity contribution is 6.12. The van der Waals surface area contributed by atoms with Gasteiger partial charge in [0.25, 0.3) is 11.8 Å². The average Bonchev–Trinajstić information content (AvgIpc) is 3.87. The number of carbonyl (C=O) groups excluding carboxylic acids is 6. The van der Waals surface area contributed by atoms with Crippen LogP contribution in [-0.4, -0.2) is 128 Å². The summed E-state index contributed by atoms with van der Waals surface area (Å²) in [6.07, 6.45) is 1.23. The lowest BCUT2D eigenvalue weighted by molar-refractivity contribution is -0.195. The normalized spacial score (nSPS) is 17.3. The number of halogens is 2. The number of aromatic nitrogens is 2. The topological polar surface area (TPSA) is 268 Å². The molecule has 1 saturated heterocycles. The molecule has 5 rings (SSSR count). The van der Waals surface area contributed by atoms with Crippen LogP contribution in [-0.2, 0) is 51.4 Å². The highest BCUT2D eigenvalue weighted by atomic mass is 19.1. The first-order chi connectivity index (χ1) is 33.3. The minimum absolute atomic E-state index is 0.0187. The second-order valence-electron chi connectivity index (χ2n) is 17.9. The maximum absolute atomic E-state index is 14.8. The Morgan fingerprint density at radius 1 is 0.943 bits per heavy atom. The number of unbranched alkanes of at least 4 members (excludes halogenated alkanes) is 2. The third-order valence-corrected chi connectivity index (χ3v) is 11.4. The van der Waals surface area contributed by atoms with E-state index in [0.29, 0.717) is 37.2 Å². The van der Waals surface area contributed by atoms with Crippen LogP contribution < -0.4 is 20.7 Å². The van der Waals surface area contributed by atoms with Crippen LogP contribution in [0.2, 0.25) is 0 Å². The molecule has 2 aromatic carbocycles. The molecule has 1 fully saturated rings. The summed E-state index contributed by atoms with van der Waals surface area (Å²) in [5.74, 6) is -4.35. The zero-order chi connectivity index (χ0) is 51.1. The van der Waals surface area contributed by atoms with Crippen molar-refractivity contribution in [3.05, 3.63) is 77.8 Å². The smallest absolute Gasteiger partial charge is 0.407 e. The van der Waals surface area contributed by atoms with Gasteiger partial charge in [-0.15, -0.1) is 0 Å². The van der Waals surface area contributed by atoms with Crippen LogP contribution in [0.1, 0.15) is 96.5 Å². The number of carbonyl (C=O) groups is 7. The van der Waals surface area contributed by atoms with E-state index in [2.05, 4.69) is 20.9 Å². The molecule has 2 aliphatic heterocycles. The van der Waals surface area contributed by atoms with Crippen molar-refractivity contribution in [2.24, 2.45) is 5.41 Å². The number of nitrogens with zero attached hydrogens (tertiary/aromatic N) is 4. The molecule has 2 aliphatic rings. The summed E-state index contributed by atoms with van der Waals surface area (Å²) in [5.41, 5.74) is -0.0632. The Hall–Kier alpha value is -6.78. The van der Waals surface area contributed by atoms with Gasteiger partial charge in [-0.05, 0) is 67.5 Å². The standard InChI is InChI=1S/C48H61F2N7O13/c1-5-55-26-35(32-23-30(49)12-13-33(32)50)54-45(55)44(48(2,3)4)57(42(64)27-58)21-9-18-52-47(67)68-28-29-11-14-36(69-43-25-31(59)24-37(70-43)46(65)66)34(22-29)53-39(61)17-19-51-38(60)10-7-6-8-20-56-40(62)15-16-41(56)63/h11-16,22-23,26,31,37,43-44,58-59H,5-10,17-21,24-25,27-28H2,1-4H3,(H,51,60)(H,52,67)(H,53,61)(H,65,66). The number of aliphatic hydroxyl groups excluding tert-OH is 2. The van der Waals surface area contributed by atoms with Gasteiger partial charge in [-0.2, -0.15) is 0 Å². The van der Waals surface area contributed by atoms with Crippen LogP contribution in [0.3, 0.4) is 0 Å². The fourth-order valence-electron chi connectivity index (χ4n) is 7.95. The van der Waals surface area contributed by atoms with E-state index in [1.807, 2.05) is 27.7 Å². The lowest BCUT2D eigenvalue weighted by atomic mass is 9.84. The van der Waals surface area contributed by atoms with Gasteiger partial charge < -0.3 is 54.9 Å². The van der Waals surface area contributed by atoms with Crippen molar-refractivity contribution < 1.29 is 71.9 Å². The number of aliphatic hydroxyl groups is 2. The maximum atomic E-state index is 14.8. The van der Waals surface area contributed by atoms with Crippen molar-refractivity contribution in [2.45, 2.75) is 117 Å². The first-order valence-corrected chi connectivity index (χ1v) is 23.1. The monoisotopic (exact) mass is 981 g/mol. The SMILES string of the molecule is CCn1cc(-c2cc(F)ccc2F)nc1C(N(CCCNC(=O)OCc1ccc(OC2CC(O)CC(C(=O)O)O2)c(NC(=O)CCNC(=O)CCCCCN2C(=O)C=CC2=O)c1)C(=O)CO)C(C)(C)C. The molecule has 6 amide bonds. The van der Waals surface area contributed by atoms with Gasteiger partial charge in [-0.1, -0.05) is 33.3 Å². The van der Waals surface area contributed by atoms with Gasteiger partial charge in [0.1, 0.15) is 36.4 Å². The minimum Gasteiger partial charge on any atom is -0.479 e. The average molecular weight is 982 g/mol. The molecule has 20 nitrogen and oxygen atoms in total. The van der Waals surface area contributed by atoms with Crippen molar-refractivity contribution in [3.63, 3.8) is 0 Å². The number of amides is 6. The fraction of sp³-hybridized carbons (Fsp3) is 0.500. The van der Waals surface area contributed by atoms with E-state index in [1.165, 1.54) is 35.3 Å². The number of ether oxygens (including phenoxy) is 3. The van der Waals surface area contributed by atoms with Crippen molar-refractivity contribution in [2.75, 3.05) is 38.1 Å². The third-order valence-electron chi connectivity index (χ3n) is 11.4. The Kier molecular flexibility index (Phi) is 19.5. The molecule has 4 unspecified atom stereocenters. The van der Waals surface area contributed by atoms with E-state index in [4.69, 9.17) is 14.2 Å². The lowest BCUT2D eigenvalue weighted by Gasteiger charge is -2.39. The summed E-state index contributed by atoms with van der Waals surface area (Å²) in [6.45, 7) is 7.05. The zero-order valence-corrected chi connectivity index (χ0v) is 39.6. The molecule has 4 atom stereocenters. The zero-order valence-electron chi connectivity index (χ0n) is 39.6.